The van der Waals surface area contributed by atoms with Crippen LogP contribution in [0.1, 0.15) is 11.1 Å². The zero-order valence-corrected chi connectivity index (χ0v) is 20.2. The van der Waals surface area contributed by atoms with Gasteiger partial charge in [0.15, 0.2) is 23.0 Å². The van der Waals surface area contributed by atoms with Gasteiger partial charge in [-0.05, 0) is 53.2 Å². The van der Waals surface area contributed by atoms with Crippen LogP contribution in [0, 0.1) is 0 Å². The number of para-hydroxylation sites is 2. The van der Waals surface area contributed by atoms with E-state index in [1.807, 2.05) is 48.5 Å². The van der Waals surface area contributed by atoms with Crippen molar-refractivity contribution < 1.29 is 28.5 Å². The van der Waals surface area contributed by atoms with Gasteiger partial charge >= 0.3 is 0 Å². The number of imide groups is 1. The molecule has 35 heavy (non-hydrogen) atoms. The van der Waals surface area contributed by atoms with Crippen molar-refractivity contribution in [1.82, 2.24) is 4.90 Å². The molecule has 3 aromatic carbocycles. The lowest BCUT2D eigenvalue weighted by Crippen LogP contribution is -2.32. The number of hydrogen-bond acceptors (Lipinski definition) is 7. The van der Waals surface area contributed by atoms with E-state index < -0.39 is 0 Å². The summed E-state index contributed by atoms with van der Waals surface area (Å²) in [6.45, 7) is 0.703. The first-order valence-corrected chi connectivity index (χ1v) is 11.8. The molecule has 0 bridgehead atoms. The van der Waals surface area contributed by atoms with Crippen LogP contribution in [0.4, 0.5) is 4.79 Å². The first-order valence-electron chi connectivity index (χ1n) is 10.9. The maximum absolute atomic E-state index is 12.8. The van der Waals surface area contributed by atoms with Gasteiger partial charge in [0.05, 0.1) is 25.7 Å². The smallest absolute Gasteiger partial charge is 0.293 e. The van der Waals surface area contributed by atoms with Crippen molar-refractivity contribution in [3.05, 3.63) is 88.8 Å². The molecule has 0 saturated carbocycles. The molecule has 1 heterocycles. The molecule has 0 aromatic heterocycles. The molecule has 0 aliphatic carbocycles. The molecule has 1 aliphatic heterocycles. The lowest BCUT2D eigenvalue weighted by Gasteiger charge is -2.14. The van der Waals surface area contributed by atoms with Crippen LogP contribution in [0.2, 0.25) is 0 Å². The number of hydrogen-bond donors (Lipinski definition) is 0. The topological polar surface area (TPSA) is 74.3 Å². The molecule has 1 aliphatic rings. The molecule has 1 saturated heterocycles. The second-order valence-electron chi connectivity index (χ2n) is 7.52. The Morgan fingerprint density at radius 2 is 1.49 bits per heavy atom. The molecular formula is C27H25NO6S. The van der Waals surface area contributed by atoms with Crippen LogP contribution >= 0.6 is 11.8 Å². The molecule has 7 nitrogen and oxygen atoms in total. The first-order chi connectivity index (χ1) is 17.1. The van der Waals surface area contributed by atoms with E-state index in [2.05, 4.69) is 0 Å². The van der Waals surface area contributed by atoms with Gasteiger partial charge in [0.2, 0.25) is 0 Å². The van der Waals surface area contributed by atoms with E-state index in [1.54, 1.807) is 44.6 Å². The number of carbonyl (C=O) groups is 2. The summed E-state index contributed by atoms with van der Waals surface area (Å²) in [5.74, 6) is 1.92. The van der Waals surface area contributed by atoms with Gasteiger partial charge in [0, 0.05) is 0 Å². The van der Waals surface area contributed by atoms with E-state index in [9.17, 15) is 9.59 Å². The van der Waals surface area contributed by atoms with Crippen molar-refractivity contribution in [1.29, 1.82) is 0 Å². The van der Waals surface area contributed by atoms with E-state index in [4.69, 9.17) is 18.9 Å². The van der Waals surface area contributed by atoms with E-state index >= 15 is 0 Å². The van der Waals surface area contributed by atoms with Crippen molar-refractivity contribution in [2.75, 3.05) is 27.4 Å². The molecular weight excluding hydrogens is 466 g/mol. The van der Waals surface area contributed by atoms with Gasteiger partial charge in [0.25, 0.3) is 11.1 Å². The zero-order valence-electron chi connectivity index (χ0n) is 19.4. The molecule has 0 atom stereocenters. The largest absolute Gasteiger partial charge is 0.493 e. The average Bonchev–Trinajstić information content (AvgIpc) is 3.16. The predicted molar refractivity (Wildman–Crippen MR) is 135 cm³/mol. The van der Waals surface area contributed by atoms with Crippen molar-refractivity contribution in [2.45, 2.75) is 6.61 Å². The molecule has 0 unspecified atom stereocenters. The van der Waals surface area contributed by atoms with Gasteiger partial charge in [-0.2, -0.15) is 0 Å². The fourth-order valence-corrected chi connectivity index (χ4v) is 4.32. The lowest BCUT2D eigenvalue weighted by atomic mass is 10.1. The third-order valence-corrected chi connectivity index (χ3v) is 6.15. The fourth-order valence-electron chi connectivity index (χ4n) is 3.46. The predicted octanol–water partition coefficient (Wildman–Crippen LogP) is 5.40. The normalized spacial score (nSPS) is 14.3. The van der Waals surface area contributed by atoms with Crippen molar-refractivity contribution in [2.24, 2.45) is 0 Å². The minimum atomic E-state index is -0.355. The molecule has 0 radical (unpaired) electrons. The van der Waals surface area contributed by atoms with Crippen LogP contribution in [0.25, 0.3) is 6.08 Å². The summed E-state index contributed by atoms with van der Waals surface area (Å²) in [6, 6.07) is 22.4. The second kappa shape index (κ2) is 11.5. The molecule has 3 aromatic rings. The number of benzene rings is 3. The third-order valence-electron chi connectivity index (χ3n) is 5.24. The van der Waals surface area contributed by atoms with Crippen molar-refractivity contribution in [3.63, 3.8) is 0 Å². The Morgan fingerprint density at radius 3 is 2.23 bits per heavy atom. The van der Waals surface area contributed by atoms with Crippen LogP contribution in [0.15, 0.2) is 77.7 Å². The summed E-state index contributed by atoms with van der Waals surface area (Å²) in [5, 5.41) is -0.334. The highest BCUT2D eigenvalue weighted by Gasteiger charge is 2.34. The van der Waals surface area contributed by atoms with E-state index in [1.165, 1.54) is 4.90 Å². The number of nitrogens with zero attached hydrogens (tertiary/aromatic N) is 1. The molecule has 4 rings (SSSR count). The number of ether oxygens (including phenoxy) is 4. The Labute approximate surface area is 208 Å². The van der Waals surface area contributed by atoms with E-state index in [-0.39, 0.29) is 24.3 Å². The summed E-state index contributed by atoms with van der Waals surface area (Å²) in [5.41, 5.74) is 1.77. The number of methoxy groups -OCH3 is 2. The Bertz CT molecular complexity index is 1230. The monoisotopic (exact) mass is 491 g/mol. The quantitative estimate of drug-likeness (QED) is 0.352. The van der Waals surface area contributed by atoms with Gasteiger partial charge in [0.1, 0.15) is 13.2 Å². The van der Waals surface area contributed by atoms with Gasteiger partial charge in [-0.15, -0.1) is 0 Å². The van der Waals surface area contributed by atoms with Crippen LogP contribution in [-0.4, -0.2) is 43.4 Å². The summed E-state index contributed by atoms with van der Waals surface area (Å²) in [6.07, 6.45) is 1.68. The first kappa shape index (κ1) is 24.2. The van der Waals surface area contributed by atoms with Crippen LogP contribution in [-0.2, 0) is 11.4 Å². The number of rotatable bonds is 10. The molecule has 8 heteroatoms. The Balaban J connectivity index is 1.40. The second-order valence-corrected chi connectivity index (χ2v) is 8.51. The number of carbonyl (C=O) groups excluding carboxylic acids is 2. The SMILES string of the molecule is COc1ccccc1OCCN1C(=O)S/C(=C\c2ccc(OCc3ccccc3)c(OC)c2)C1=O. The van der Waals surface area contributed by atoms with Crippen molar-refractivity contribution >= 4 is 29.0 Å². The fraction of sp³-hybridized carbons (Fsp3) is 0.185. The number of amides is 2. The molecule has 180 valence electrons. The summed E-state index contributed by atoms with van der Waals surface area (Å²) >= 11 is 0.902. The van der Waals surface area contributed by atoms with E-state index in [0.717, 1.165) is 22.9 Å². The molecule has 0 N–H and O–H groups in total. The summed E-state index contributed by atoms with van der Waals surface area (Å²) in [7, 11) is 3.12. The summed E-state index contributed by atoms with van der Waals surface area (Å²) < 4.78 is 22.3. The lowest BCUT2D eigenvalue weighted by molar-refractivity contribution is -0.123. The average molecular weight is 492 g/mol. The van der Waals surface area contributed by atoms with Crippen LogP contribution < -0.4 is 18.9 Å². The highest BCUT2D eigenvalue weighted by atomic mass is 32.2. The van der Waals surface area contributed by atoms with Gasteiger partial charge in [-0.1, -0.05) is 48.5 Å². The Morgan fingerprint density at radius 1 is 0.800 bits per heavy atom. The van der Waals surface area contributed by atoms with Gasteiger partial charge in [-0.3, -0.25) is 14.5 Å². The molecule has 1 fully saturated rings. The minimum Gasteiger partial charge on any atom is -0.493 e. The third kappa shape index (κ3) is 5.96. The van der Waals surface area contributed by atoms with Gasteiger partial charge < -0.3 is 18.9 Å². The van der Waals surface area contributed by atoms with Crippen molar-refractivity contribution in [3.8, 4) is 23.0 Å². The summed E-state index contributed by atoms with van der Waals surface area (Å²) in [4.78, 5) is 26.8. The molecule has 2 amide bonds. The number of thioether (sulfide) groups is 1. The zero-order chi connectivity index (χ0) is 24.6. The van der Waals surface area contributed by atoms with E-state index in [0.29, 0.717) is 34.5 Å². The standard InChI is InChI=1S/C27H25NO6S/c1-31-21-10-6-7-11-22(21)33-15-14-28-26(29)25(35-27(28)30)17-20-12-13-23(24(16-20)32-2)34-18-19-8-4-3-5-9-19/h3-13,16-17H,14-15,18H2,1-2H3/b25-17-. The maximum atomic E-state index is 12.8. The Hall–Kier alpha value is -3.91. The van der Waals surface area contributed by atoms with Crippen LogP contribution in [0.5, 0.6) is 23.0 Å². The molecule has 0 spiro atoms. The van der Waals surface area contributed by atoms with Crippen LogP contribution in [0.3, 0.4) is 0 Å². The minimum absolute atomic E-state index is 0.135. The highest BCUT2D eigenvalue weighted by Crippen LogP contribution is 2.35. The maximum Gasteiger partial charge on any atom is 0.293 e. The Kier molecular flexibility index (Phi) is 7.95. The highest BCUT2D eigenvalue weighted by molar-refractivity contribution is 8.18. The van der Waals surface area contributed by atoms with Gasteiger partial charge in [-0.25, -0.2) is 0 Å².